The van der Waals surface area contributed by atoms with Crippen LogP contribution in [0.5, 0.6) is 0 Å². The van der Waals surface area contributed by atoms with Crippen molar-refractivity contribution in [3.63, 3.8) is 0 Å². The summed E-state index contributed by atoms with van der Waals surface area (Å²) in [7, 11) is 0. The Labute approximate surface area is 140 Å². The minimum absolute atomic E-state index is 0.0486. The number of hydrogen-bond donors (Lipinski definition) is 3. The number of hydrogen-bond acceptors (Lipinski definition) is 3. The lowest BCUT2D eigenvalue weighted by Gasteiger charge is -2.27. The normalized spacial score (nSPS) is 18.0. The Hall–Kier alpha value is -1.73. The number of benzene rings is 1. The van der Waals surface area contributed by atoms with E-state index in [0.717, 1.165) is 12.8 Å². The highest BCUT2D eigenvalue weighted by Crippen LogP contribution is 2.18. The Bertz CT molecular complexity index is 530. The lowest BCUT2D eigenvalue weighted by Crippen LogP contribution is -2.46. The van der Waals surface area contributed by atoms with E-state index in [0.29, 0.717) is 13.2 Å². The van der Waals surface area contributed by atoms with Crippen molar-refractivity contribution in [2.45, 2.75) is 38.3 Å². The van der Waals surface area contributed by atoms with Crippen LogP contribution in [0.25, 0.3) is 0 Å². The van der Waals surface area contributed by atoms with Gasteiger partial charge >= 0.3 is 6.03 Å². The van der Waals surface area contributed by atoms with Crippen LogP contribution in [0.2, 0.25) is 0 Å². The second-order valence-corrected chi connectivity index (χ2v) is 6.18. The van der Waals surface area contributed by atoms with Crippen molar-refractivity contribution in [1.82, 2.24) is 10.6 Å². The first-order valence-electron chi connectivity index (χ1n) is 8.20. The maximum atomic E-state index is 13.6. The topological polar surface area (TPSA) is 70.6 Å². The van der Waals surface area contributed by atoms with Crippen LogP contribution in [0, 0.1) is 17.6 Å². The first-order valence-corrected chi connectivity index (χ1v) is 8.20. The Morgan fingerprint density at radius 1 is 1.33 bits per heavy atom. The number of urea groups is 1. The lowest BCUT2D eigenvalue weighted by molar-refractivity contribution is 0.00949. The van der Waals surface area contributed by atoms with Gasteiger partial charge in [0.2, 0.25) is 0 Å². The van der Waals surface area contributed by atoms with Gasteiger partial charge in [0.25, 0.3) is 0 Å². The molecule has 1 aromatic carbocycles. The minimum atomic E-state index is -0.626. The molecule has 7 heteroatoms. The summed E-state index contributed by atoms with van der Waals surface area (Å²) in [6.07, 6.45) is 0.967. The largest absolute Gasteiger partial charge is 0.391 e. The van der Waals surface area contributed by atoms with Gasteiger partial charge < -0.3 is 20.5 Å². The average Bonchev–Trinajstić information content (AvgIpc) is 2.57. The second kappa shape index (κ2) is 8.94. The maximum Gasteiger partial charge on any atom is 0.315 e. The van der Waals surface area contributed by atoms with Crippen LogP contribution in [0.4, 0.5) is 13.6 Å². The zero-order valence-electron chi connectivity index (χ0n) is 13.7. The van der Waals surface area contributed by atoms with Crippen LogP contribution < -0.4 is 10.6 Å². The Morgan fingerprint density at radius 2 is 1.96 bits per heavy atom. The summed E-state index contributed by atoms with van der Waals surface area (Å²) in [6.45, 7) is 3.05. The standard InChI is InChI=1S/C17H24F2N2O3/c1-11(9-13-14(18)3-2-4-15(13)19)21-17(23)20-10-16(22)12-5-7-24-8-6-12/h2-4,11-12,16,22H,5-10H2,1H3,(H2,20,21,23). The number of aliphatic hydroxyl groups is 1. The molecule has 2 rings (SSSR count). The van der Waals surface area contributed by atoms with Crippen LogP contribution in [0.1, 0.15) is 25.3 Å². The van der Waals surface area contributed by atoms with E-state index in [4.69, 9.17) is 4.74 Å². The van der Waals surface area contributed by atoms with Gasteiger partial charge in [0.05, 0.1) is 6.10 Å². The number of carbonyl (C=O) groups excluding carboxylic acids is 1. The second-order valence-electron chi connectivity index (χ2n) is 6.18. The van der Waals surface area contributed by atoms with E-state index >= 15 is 0 Å². The van der Waals surface area contributed by atoms with Gasteiger partial charge in [-0.25, -0.2) is 13.6 Å². The number of carbonyl (C=O) groups is 1. The fourth-order valence-electron chi connectivity index (χ4n) is 2.82. The van der Waals surface area contributed by atoms with Crippen molar-refractivity contribution in [3.05, 3.63) is 35.4 Å². The smallest absolute Gasteiger partial charge is 0.315 e. The molecule has 5 nitrogen and oxygen atoms in total. The van der Waals surface area contributed by atoms with E-state index in [-0.39, 0.29) is 24.4 Å². The molecule has 1 heterocycles. The minimum Gasteiger partial charge on any atom is -0.391 e. The molecule has 0 radical (unpaired) electrons. The van der Waals surface area contributed by atoms with Gasteiger partial charge in [0.1, 0.15) is 11.6 Å². The molecule has 1 saturated heterocycles. The third-order valence-corrected chi connectivity index (χ3v) is 4.23. The molecule has 1 fully saturated rings. The molecule has 3 N–H and O–H groups in total. The number of amides is 2. The summed E-state index contributed by atoms with van der Waals surface area (Å²) in [6, 6.07) is 2.77. The summed E-state index contributed by atoms with van der Waals surface area (Å²) in [5, 5.41) is 15.3. The van der Waals surface area contributed by atoms with Crippen molar-refractivity contribution in [1.29, 1.82) is 0 Å². The molecule has 0 saturated carbocycles. The SMILES string of the molecule is CC(Cc1c(F)cccc1F)NC(=O)NCC(O)C1CCOCC1. The Balaban J connectivity index is 1.75. The van der Waals surface area contributed by atoms with Crippen LogP contribution in [-0.4, -0.2) is 43.0 Å². The predicted octanol–water partition coefficient (Wildman–Crippen LogP) is 1.98. The van der Waals surface area contributed by atoms with Crippen LogP contribution in [0.3, 0.4) is 0 Å². The van der Waals surface area contributed by atoms with E-state index in [1.165, 1.54) is 18.2 Å². The van der Waals surface area contributed by atoms with Gasteiger partial charge in [-0.05, 0) is 44.2 Å². The quantitative estimate of drug-likeness (QED) is 0.740. The number of ether oxygens (including phenoxy) is 1. The van der Waals surface area contributed by atoms with Gasteiger partial charge in [-0.2, -0.15) is 0 Å². The zero-order valence-corrected chi connectivity index (χ0v) is 13.7. The maximum absolute atomic E-state index is 13.6. The van der Waals surface area contributed by atoms with Crippen LogP contribution in [-0.2, 0) is 11.2 Å². The Kier molecular flexibility index (Phi) is 6.93. The van der Waals surface area contributed by atoms with Crippen molar-refractivity contribution in [2.24, 2.45) is 5.92 Å². The van der Waals surface area contributed by atoms with Gasteiger partial charge in [0, 0.05) is 31.4 Å². The molecule has 1 aromatic rings. The van der Waals surface area contributed by atoms with Gasteiger partial charge in [0.15, 0.2) is 0 Å². The fourth-order valence-corrected chi connectivity index (χ4v) is 2.82. The first kappa shape index (κ1) is 18.6. The van der Waals surface area contributed by atoms with Crippen molar-refractivity contribution >= 4 is 6.03 Å². The highest BCUT2D eigenvalue weighted by atomic mass is 19.1. The molecule has 0 bridgehead atoms. The number of nitrogens with one attached hydrogen (secondary N) is 2. The molecule has 2 amide bonds. The van der Waals surface area contributed by atoms with E-state index in [2.05, 4.69) is 10.6 Å². The zero-order chi connectivity index (χ0) is 17.5. The van der Waals surface area contributed by atoms with Crippen LogP contribution in [0.15, 0.2) is 18.2 Å². The van der Waals surface area contributed by atoms with E-state index < -0.39 is 29.8 Å². The average molecular weight is 342 g/mol. The van der Waals surface area contributed by atoms with Crippen molar-refractivity contribution in [2.75, 3.05) is 19.8 Å². The molecule has 2 unspecified atom stereocenters. The monoisotopic (exact) mass is 342 g/mol. The molecule has 1 aliphatic heterocycles. The lowest BCUT2D eigenvalue weighted by atomic mass is 9.94. The van der Waals surface area contributed by atoms with Crippen molar-refractivity contribution < 1.29 is 23.4 Å². The number of rotatable bonds is 6. The number of halogens is 2. The Morgan fingerprint density at radius 3 is 2.58 bits per heavy atom. The molecular weight excluding hydrogens is 318 g/mol. The van der Waals surface area contributed by atoms with Gasteiger partial charge in [-0.1, -0.05) is 6.07 Å². The van der Waals surface area contributed by atoms with E-state index in [1.54, 1.807) is 6.92 Å². The molecule has 0 aromatic heterocycles. The highest BCUT2D eigenvalue weighted by Gasteiger charge is 2.22. The highest BCUT2D eigenvalue weighted by molar-refractivity contribution is 5.74. The molecule has 0 spiro atoms. The summed E-state index contributed by atoms with van der Waals surface area (Å²) in [5.41, 5.74) is -0.0486. The molecule has 2 atom stereocenters. The van der Waals surface area contributed by atoms with E-state index in [9.17, 15) is 18.7 Å². The fraction of sp³-hybridized carbons (Fsp3) is 0.588. The van der Waals surface area contributed by atoms with Crippen LogP contribution >= 0.6 is 0 Å². The predicted molar refractivity (Wildman–Crippen MR) is 85.6 cm³/mol. The summed E-state index contributed by atoms with van der Waals surface area (Å²) in [4.78, 5) is 11.9. The van der Waals surface area contributed by atoms with Gasteiger partial charge in [-0.15, -0.1) is 0 Å². The molecule has 1 aliphatic rings. The number of aliphatic hydroxyl groups excluding tert-OH is 1. The molecule has 0 aliphatic carbocycles. The van der Waals surface area contributed by atoms with Gasteiger partial charge in [-0.3, -0.25) is 0 Å². The summed E-state index contributed by atoms with van der Waals surface area (Å²) in [5.74, 6) is -1.14. The molecule has 134 valence electrons. The van der Waals surface area contributed by atoms with Crippen molar-refractivity contribution in [3.8, 4) is 0 Å². The third-order valence-electron chi connectivity index (χ3n) is 4.23. The van der Waals surface area contributed by atoms with E-state index in [1.807, 2.05) is 0 Å². The first-order chi connectivity index (χ1) is 11.5. The third kappa shape index (κ3) is 5.42. The summed E-state index contributed by atoms with van der Waals surface area (Å²) >= 11 is 0. The molecule has 24 heavy (non-hydrogen) atoms. The molecular formula is C17H24F2N2O3. The summed E-state index contributed by atoms with van der Waals surface area (Å²) < 4.78 is 32.4.